The Bertz CT molecular complexity index is 609. The molecule has 0 bridgehead atoms. The highest BCUT2D eigenvalue weighted by Crippen LogP contribution is 2.23. The third-order valence-corrected chi connectivity index (χ3v) is 10.3. The summed E-state index contributed by atoms with van der Waals surface area (Å²) in [7, 11) is 3.21. The van der Waals surface area contributed by atoms with Crippen molar-refractivity contribution in [2.45, 2.75) is 194 Å². The lowest BCUT2D eigenvalue weighted by Gasteiger charge is -2.02. The van der Waals surface area contributed by atoms with E-state index in [2.05, 4.69) is 13.8 Å². The molecule has 0 aromatic carbocycles. The van der Waals surface area contributed by atoms with Gasteiger partial charge in [-0.2, -0.15) is 0 Å². The van der Waals surface area contributed by atoms with Crippen molar-refractivity contribution in [2.75, 3.05) is 11.5 Å². The lowest BCUT2D eigenvalue weighted by Crippen LogP contribution is -2.01. The number of allylic oxidation sites excluding steroid dienone is 2. The normalized spacial score (nSPS) is 11.6. The zero-order chi connectivity index (χ0) is 32.0. The second-order valence-electron chi connectivity index (χ2n) is 12.2. The summed E-state index contributed by atoms with van der Waals surface area (Å²) in [4.78, 5) is 23.7. The number of rotatable bonds is 35. The molecule has 0 saturated carbocycles. The molecule has 0 aliphatic rings. The van der Waals surface area contributed by atoms with E-state index >= 15 is 0 Å². The predicted octanol–water partition coefficient (Wildman–Crippen LogP) is 13.4. The summed E-state index contributed by atoms with van der Waals surface area (Å²) in [5.41, 5.74) is 0. The maximum Gasteiger partial charge on any atom is 0.311 e. The second-order valence-corrected chi connectivity index (χ2v) is 14.9. The van der Waals surface area contributed by atoms with Crippen molar-refractivity contribution in [1.29, 1.82) is 0 Å². The number of hydrogen-bond acceptors (Lipinski definition) is 6. The second kappa shape index (κ2) is 38.3. The van der Waals surface area contributed by atoms with Crippen LogP contribution in [0.25, 0.3) is 0 Å². The molecule has 0 rings (SSSR count). The molecule has 258 valence electrons. The maximum atomic E-state index is 11.9. The minimum absolute atomic E-state index is 0.193. The van der Waals surface area contributed by atoms with Gasteiger partial charge in [0.1, 0.15) is 0 Å². The fourth-order valence-corrected chi connectivity index (χ4v) is 7.02. The third-order valence-electron chi connectivity index (χ3n) is 7.90. The first-order valence-corrected chi connectivity index (χ1v) is 21.1. The molecule has 0 fully saturated rings. The Morgan fingerprint density at radius 3 is 1.00 bits per heavy atom. The fourth-order valence-electron chi connectivity index (χ4n) is 5.08. The first-order chi connectivity index (χ1) is 21.7. The summed E-state index contributed by atoms with van der Waals surface area (Å²) >= 11 is 0. The van der Waals surface area contributed by atoms with E-state index in [4.69, 9.17) is 9.47 Å². The van der Waals surface area contributed by atoms with Crippen LogP contribution in [0.4, 0.5) is 0 Å². The topological polar surface area (TPSA) is 52.6 Å². The standard InChI is InChI=1S/C38H70O4S2/c1-3-5-7-9-11-13-15-17-19-21-23-25-27-29-33-41-37(39)31-35-43-44-36-32-38(40)42-34-30-28-26-24-22-20-18-16-14-12-10-8-6-4-2/h29-30,33-34H,3-28,31-32,35-36H2,1-2H3. The molecule has 4 nitrogen and oxygen atoms in total. The summed E-state index contributed by atoms with van der Waals surface area (Å²) in [5.74, 6) is 0.984. The van der Waals surface area contributed by atoms with Crippen molar-refractivity contribution in [3.8, 4) is 0 Å². The van der Waals surface area contributed by atoms with Gasteiger partial charge in [0.2, 0.25) is 0 Å². The molecule has 0 aromatic rings. The number of unbranched alkanes of at least 4 members (excludes halogenated alkanes) is 24. The van der Waals surface area contributed by atoms with E-state index in [0.717, 1.165) is 25.7 Å². The number of carbonyl (C=O) groups excluding carboxylic acids is 2. The average molecular weight is 655 g/mol. The highest BCUT2D eigenvalue weighted by atomic mass is 33.1. The molecule has 0 atom stereocenters. The number of carbonyl (C=O) groups is 2. The Hall–Kier alpha value is -0.880. The number of esters is 2. The quantitative estimate of drug-likeness (QED) is 0.0293. The van der Waals surface area contributed by atoms with E-state index in [-0.39, 0.29) is 11.9 Å². The van der Waals surface area contributed by atoms with E-state index in [1.165, 1.54) is 141 Å². The van der Waals surface area contributed by atoms with E-state index in [1.54, 1.807) is 34.1 Å². The first-order valence-electron chi connectivity index (χ1n) is 18.6. The maximum absolute atomic E-state index is 11.9. The van der Waals surface area contributed by atoms with Crippen molar-refractivity contribution in [2.24, 2.45) is 0 Å². The van der Waals surface area contributed by atoms with E-state index in [0.29, 0.717) is 24.3 Å². The fraction of sp³-hybridized carbons (Fsp3) is 0.842. The van der Waals surface area contributed by atoms with Crippen LogP contribution in [0.1, 0.15) is 194 Å². The lowest BCUT2D eigenvalue weighted by atomic mass is 10.0. The smallest absolute Gasteiger partial charge is 0.311 e. The van der Waals surface area contributed by atoms with Gasteiger partial charge in [0.05, 0.1) is 25.4 Å². The van der Waals surface area contributed by atoms with Gasteiger partial charge in [-0.15, -0.1) is 0 Å². The van der Waals surface area contributed by atoms with Crippen LogP contribution in [0.15, 0.2) is 24.7 Å². The van der Waals surface area contributed by atoms with Crippen molar-refractivity contribution in [1.82, 2.24) is 0 Å². The number of ether oxygens (including phenoxy) is 2. The van der Waals surface area contributed by atoms with Crippen LogP contribution in [0.3, 0.4) is 0 Å². The van der Waals surface area contributed by atoms with Crippen molar-refractivity contribution >= 4 is 33.5 Å². The molecule has 0 aliphatic heterocycles. The van der Waals surface area contributed by atoms with Crippen molar-refractivity contribution in [3.63, 3.8) is 0 Å². The van der Waals surface area contributed by atoms with Crippen LogP contribution < -0.4 is 0 Å². The molecule has 0 N–H and O–H groups in total. The minimum atomic E-state index is -0.193. The molecular formula is C38H70O4S2. The van der Waals surface area contributed by atoms with Crippen molar-refractivity contribution in [3.05, 3.63) is 24.7 Å². The zero-order valence-electron chi connectivity index (χ0n) is 29.0. The molecule has 0 amide bonds. The summed E-state index contributed by atoms with van der Waals surface area (Å²) < 4.78 is 10.4. The Morgan fingerprint density at radius 1 is 0.432 bits per heavy atom. The molecule has 0 heterocycles. The molecule has 6 heteroatoms. The molecule has 0 spiro atoms. The monoisotopic (exact) mass is 654 g/mol. The van der Waals surface area contributed by atoms with E-state index < -0.39 is 0 Å². The molecule has 0 saturated heterocycles. The zero-order valence-corrected chi connectivity index (χ0v) is 30.6. The van der Waals surface area contributed by atoms with Gasteiger partial charge >= 0.3 is 11.9 Å². The van der Waals surface area contributed by atoms with Gasteiger partial charge in [-0.3, -0.25) is 9.59 Å². The third kappa shape index (κ3) is 37.3. The van der Waals surface area contributed by atoms with Gasteiger partial charge in [0.15, 0.2) is 0 Å². The number of hydrogen-bond donors (Lipinski definition) is 0. The largest absolute Gasteiger partial charge is 0.435 e. The van der Waals surface area contributed by atoms with Gasteiger partial charge in [-0.25, -0.2) is 0 Å². The minimum Gasteiger partial charge on any atom is -0.435 e. The predicted molar refractivity (Wildman–Crippen MR) is 196 cm³/mol. The molecular weight excluding hydrogens is 585 g/mol. The molecule has 0 radical (unpaired) electrons. The van der Waals surface area contributed by atoms with E-state index in [9.17, 15) is 9.59 Å². The summed E-state index contributed by atoms with van der Waals surface area (Å²) in [5, 5.41) is 0. The first kappa shape index (κ1) is 43.1. The van der Waals surface area contributed by atoms with Gasteiger partial charge in [0.25, 0.3) is 0 Å². The molecule has 44 heavy (non-hydrogen) atoms. The van der Waals surface area contributed by atoms with Crippen LogP contribution in [0, 0.1) is 0 Å². The highest BCUT2D eigenvalue weighted by Gasteiger charge is 2.04. The van der Waals surface area contributed by atoms with Gasteiger partial charge in [-0.05, 0) is 37.8 Å². The average Bonchev–Trinajstić information content (AvgIpc) is 3.02. The van der Waals surface area contributed by atoms with E-state index in [1.807, 2.05) is 12.2 Å². The molecule has 0 aliphatic carbocycles. The Morgan fingerprint density at radius 2 is 0.705 bits per heavy atom. The summed E-state index contributed by atoms with van der Waals surface area (Å²) in [6.45, 7) is 4.54. The SMILES string of the molecule is CCCCCCCCCCCCCCC=COC(=O)CCSSCCC(=O)OC=CCCCCCCCCCCCCCC. The van der Waals surface area contributed by atoms with Crippen LogP contribution >= 0.6 is 21.6 Å². The Labute approximate surface area is 281 Å². The highest BCUT2D eigenvalue weighted by molar-refractivity contribution is 8.76. The van der Waals surface area contributed by atoms with Gasteiger partial charge < -0.3 is 9.47 Å². The van der Waals surface area contributed by atoms with Crippen LogP contribution in [0.2, 0.25) is 0 Å². The Balaban J connectivity index is 3.36. The van der Waals surface area contributed by atoms with Crippen molar-refractivity contribution < 1.29 is 19.1 Å². The Kier molecular flexibility index (Phi) is 37.5. The molecule has 0 aromatic heterocycles. The van der Waals surface area contributed by atoms with Crippen LogP contribution in [-0.4, -0.2) is 23.4 Å². The van der Waals surface area contributed by atoms with Crippen LogP contribution in [-0.2, 0) is 19.1 Å². The lowest BCUT2D eigenvalue weighted by molar-refractivity contribution is -0.138. The van der Waals surface area contributed by atoms with Crippen LogP contribution in [0.5, 0.6) is 0 Å². The van der Waals surface area contributed by atoms with Gasteiger partial charge in [0, 0.05) is 11.5 Å². The van der Waals surface area contributed by atoms with Gasteiger partial charge in [-0.1, -0.05) is 177 Å². The summed E-state index contributed by atoms with van der Waals surface area (Å²) in [6.07, 6.45) is 42.2. The molecule has 0 unspecified atom stereocenters. The summed E-state index contributed by atoms with van der Waals surface area (Å²) in [6, 6.07) is 0.